The lowest BCUT2D eigenvalue weighted by Crippen LogP contribution is -2.30. The number of unbranched alkanes of at least 4 members (excludes halogenated alkanes) is 7. The molecule has 7 heteroatoms. The van der Waals surface area contributed by atoms with E-state index in [9.17, 15) is 17.3 Å². The van der Waals surface area contributed by atoms with Crippen LogP contribution < -0.4 is 4.57 Å². The third-order valence-corrected chi connectivity index (χ3v) is 3.24. The van der Waals surface area contributed by atoms with Gasteiger partial charge in [-0.05, 0) is 6.42 Å². The number of hydrogen-bond acceptors (Lipinski definition) is 0. The van der Waals surface area contributed by atoms with Crippen LogP contribution in [0.25, 0.3) is 0 Å². The highest BCUT2D eigenvalue weighted by Gasteiger charge is 2.20. The lowest BCUT2D eigenvalue weighted by Gasteiger charge is -2.00. The molecule has 1 aromatic rings. The van der Waals surface area contributed by atoms with E-state index in [-0.39, 0.29) is 0 Å². The summed E-state index contributed by atoms with van der Waals surface area (Å²) in [6.45, 7) is 2.27. The molecule has 0 saturated heterocycles. The zero-order chi connectivity index (χ0) is 16.1. The predicted molar refractivity (Wildman–Crippen MR) is 78.5 cm³/mol. The summed E-state index contributed by atoms with van der Waals surface area (Å²) in [6, 6.07) is 0. The van der Waals surface area contributed by atoms with Crippen LogP contribution in [0.5, 0.6) is 0 Å². The van der Waals surface area contributed by atoms with Gasteiger partial charge in [0.15, 0.2) is 0 Å². The predicted octanol–water partition coefficient (Wildman–Crippen LogP) is 4.82. The fraction of sp³-hybridized carbons (Fsp3) is 0.786. The normalized spacial score (nSPS) is 11.1. The smallest absolute Gasteiger partial charge is 0.418 e. The fourth-order valence-electron chi connectivity index (χ4n) is 2.11. The molecule has 0 aliphatic heterocycles. The van der Waals surface area contributed by atoms with E-state index in [4.69, 9.17) is 0 Å². The lowest BCUT2D eigenvalue weighted by atomic mass is 10.1. The maximum Gasteiger partial charge on any atom is 0.673 e. The number of hydrogen-bond donors (Lipinski definition) is 1. The molecule has 0 aromatic carbocycles. The average molecular weight is 310 g/mol. The first kappa shape index (κ1) is 20.0. The van der Waals surface area contributed by atoms with Crippen LogP contribution in [0.1, 0.15) is 64.1 Å². The second kappa shape index (κ2) is 11.6. The summed E-state index contributed by atoms with van der Waals surface area (Å²) < 4.78 is 41.2. The van der Waals surface area contributed by atoms with Gasteiger partial charge in [-0.3, -0.25) is 0 Å². The van der Waals surface area contributed by atoms with Gasteiger partial charge < -0.3 is 17.3 Å². The van der Waals surface area contributed by atoms with Crippen molar-refractivity contribution in [2.75, 3.05) is 0 Å². The molecule has 0 fully saturated rings. The van der Waals surface area contributed by atoms with Crippen molar-refractivity contribution in [1.29, 1.82) is 0 Å². The molecule has 124 valence electrons. The number of aromatic amines is 1. The van der Waals surface area contributed by atoms with E-state index in [0.717, 1.165) is 0 Å². The van der Waals surface area contributed by atoms with Gasteiger partial charge in [-0.25, -0.2) is 9.55 Å². The summed E-state index contributed by atoms with van der Waals surface area (Å²) in [4.78, 5) is 3.29. The van der Waals surface area contributed by atoms with Gasteiger partial charge in [0.2, 0.25) is 0 Å². The molecule has 0 bridgehead atoms. The van der Waals surface area contributed by atoms with Gasteiger partial charge in [-0.15, -0.1) is 0 Å². The highest BCUT2D eigenvalue weighted by atomic mass is 19.5. The molecular formula is C14H27BF4N2. The third-order valence-electron chi connectivity index (χ3n) is 3.24. The van der Waals surface area contributed by atoms with Crippen LogP contribution in [0, 0.1) is 0 Å². The van der Waals surface area contributed by atoms with Gasteiger partial charge in [0.1, 0.15) is 12.4 Å². The van der Waals surface area contributed by atoms with Gasteiger partial charge in [0.25, 0.3) is 5.82 Å². The van der Waals surface area contributed by atoms with E-state index in [0.29, 0.717) is 0 Å². The van der Waals surface area contributed by atoms with Crippen LogP contribution in [0.4, 0.5) is 17.3 Å². The second-order valence-corrected chi connectivity index (χ2v) is 5.24. The Labute approximate surface area is 125 Å². The van der Waals surface area contributed by atoms with Crippen LogP contribution in [0.2, 0.25) is 0 Å². The van der Waals surface area contributed by atoms with Crippen molar-refractivity contribution in [2.45, 2.75) is 64.7 Å². The molecule has 1 rings (SSSR count). The van der Waals surface area contributed by atoms with E-state index in [2.05, 4.69) is 29.7 Å². The van der Waals surface area contributed by atoms with Crippen molar-refractivity contribution in [3.8, 4) is 0 Å². The second-order valence-electron chi connectivity index (χ2n) is 5.24. The molecular weight excluding hydrogens is 283 g/mol. The Morgan fingerprint density at radius 1 is 0.952 bits per heavy atom. The van der Waals surface area contributed by atoms with Crippen LogP contribution in [-0.2, 0) is 13.5 Å². The number of nitrogens with one attached hydrogen (secondary N) is 1. The van der Waals surface area contributed by atoms with E-state index < -0.39 is 7.25 Å². The van der Waals surface area contributed by atoms with Crippen molar-refractivity contribution < 1.29 is 21.8 Å². The summed E-state index contributed by atoms with van der Waals surface area (Å²) in [5, 5.41) is 0. The van der Waals surface area contributed by atoms with Gasteiger partial charge in [-0.1, -0.05) is 51.9 Å². The van der Waals surface area contributed by atoms with Crippen molar-refractivity contribution in [2.24, 2.45) is 7.05 Å². The molecule has 0 spiro atoms. The summed E-state index contributed by atoms with van der Waals surface area (Å²) in [5.41, 5.74) is 0. The molecule has 0 aliphatic rings. The molecule has 0 radical (unpaired) electrons. The SMILES string of the molecule is CCCCCCCCCCc1[nH]cc[n+]1C.F[B-](F)(F)F. The summed E-state index contributed by atoms with van der Waals surface area (Å²) in [6.07, 6.45) is 16.5. The third kappa shape index (κ3) is 15.2. The van der Waals surface area contributed by atoms with Gasteiger partial charge in [-0.2, -0.15) is 0 Å². The first-order chi connectivity index (χ1) is 9.84. The molecule has 0 atom stereocenters. The zero-order valence-corrected chi connectivity index (χ0v) is 13.1. The number of halogens is 4. The fourth-order valence-corrected chi connectivity index (χ4v) is 2.11. The Bertz CT molecular complexity index is 347. The summed E-state index contributed by atoms with van der Waals surface area (Å²) in [5.74, 6) is 1.35. The van der Waals surface area contributed by atoms with E-state index >= 15 is 0 Å². The van der Waals surface area contributed by atoms with Crippen molar-refractivity contribution >= 4 is 7.25 Å². The first-order valence-corrected chi connectivity index (χ1v) is 7.73. The number of imidazole rings is 1. The highest BCUT2D eigenvalue weighted by Crippen LogP contribution is 2.09. The largest absolute Gasteiger partial charge is 0.673 e. The summed E-state index contributed by atoms with van der Waals surface area (Å²) >= 11 is 0. The molecule has 1 aromatic heterocycles. The maximum absolute atomic E-state index is 9.75. The number of nitrogens with zero attached hydrogens (tertiary/aromatic N) is 1. The summed E-state index contributed by atoms with van der Waals surface area (Å²) in [7, 11) is -3.89. The maximum atomic E-state index is 9.75. The van der Waals surface area contributed by atoms with Gasteiger partial charge in [0, 0.05) is 6.42 Å². The van der Waals surface area contributed by atoms with E-state index in [1.807, 2.05) is 6.20 Å². The molecule has 21 heavy (non-hydrogen) atoms. The molecule has 2 nitrogen and oxygen atoms in total. The molecule has 0 amide bonds. The minimum atomic E-state index is -6.00. The standard InChI is InChI=1S/C14H26N2.BF4/c1-3-4-5-6-7-8-9-10-11-14-15-12-13-16(14)2;2-1(3,4)5/h12-13H,3-11H2,1-2H3;/q;-1/p+1. The van der Waals surface area contributed by atoms with Crippen LogP contribution in [0.3, 0.4) is 0 Å². The Balaban J connectivity index is 0.000000690. The van der Waals surface area contributed by atoms with Crippen molar-refractivity contribution in [1.82, 2.24) is 4.98 Å². The molecule has 0 unspecified atom stereocenters. The van der Waals surface area contributed by atoms with Gasteiger partial charge >= 0.3 is 7.25 Å². The lowest BCUT2D eigenvalue weighted by molar-refractivity contribution is -0.677. The van der Waals surface area contributed by atoms with Crippen LogP contribution >= 0.6 is 0 Å². The van der Waals surface area contributed by atoms with Gasteiger partial charge in [0.05, 0.1) is 7.05 Å². The Hall–Kier alpha value is -1.01. The molecule has 0 aliphatic carbocycles. The highest BCUT2D eigenvalue weighted by molar-refractivity contribution is 6.50. The number of aryl methyl sites for hydroxylation is 2. The Morgan fingerprint density at radius 3 is 1.86 bits per heavy atom. The Morgan fingerprint density at radius 2 is 1.43 bits per heavy atom. The van der Waals surface area contributed by atoms with Crippen molar-refractivity contribution in [3.63, 3.8) is 0 Å². The Kier molecular flexibility index (Phi) is 11.1. The van der Waals surface area contributed by atoms with Crippen LogP contribution in [-0.4, -0.2) is 12.2 Å². The monoisotopic (exact) mass is 310 g/mol. The number of rotatable bonds is 9. The topological polar surface area (TPSA) is 19.7 Å². The average Bonchev–Trinajstić information content (AvgIpc) is 2.76. The van der Waals surface area contributed by atoms with E-state index in [1.165, 1.54) is 63.6 Å². The molecule has 1 N–H and O–H groups in total. The van der Waals surface area contributed by atoms with Crippen LogP contribution in [0.15, 0.2) is 12.4 Å². The molecule has 1 heterocycles. The molecule has 0 saturated carbocycles. The first-order valence-electron chi connectivity index (χ1n) is 7.73. The minimum absolute atomic E-state index is 1.19. The zero-order valence-electron chi connectivity index (χ0n) is 13.1. The minimum Gasteiger partial charge on any atom is -0.418 e. The van der Waals surface area contributed by atoms with E-state index in [1.54, 1.807) is 0 Å². The number of H-pyrrole nitrogens is 1. The quantitative estimate of drug-likeness (QED) is 0.292. The van der Waals surface area contributed by atoms with Crippen molar-refractivity contribution in [3.05, 3.63) is 18.2 Å². The number of aromatic nitrogens is 2.